The number of aromatic nitrogens is 2. The van der Waals surface area contributed by atoms with E-state index in [4.69, 9.17) is 4.74 Å². The largest absolute Gasteiger partial charge is 0.453 e. The maximum atomic E-state index is 6.30. The van der Waals surface area contributed by atoms with E-state index in [2.05, 4.69) is 52.8 Å². The molecule has 5 rings (SSSR count). The van der Waals surface area contributed by atoms with Gasteiger partial charge in [-0.3, -0.25) is 4.98 Å². The molecule has 0 saturated carbocycles. The summed E-state index contributed by atoms with van der Waals surface area (Å²) in [6.45, 7) is 6.23. The van der Waals surface area contributed by atoms with Gasteiger partial charge in [0, 0.05) is 48.0 Å². The summed E-state index contributed by atoms with van der Waals surface area (Å²) >= 11 is 0. The highest BCUT2D eigenvalue weighted by Crippen LogP contribution is 2.41. The minimum atomic E-state index is 0.865. The number of pyridine rings is 1. The van der Waals surface area contributed by atoms with E-state index in [1.807, 2.05) is 19.2 Å². The van der Waals surface area contributed by atoms with Crippen molar-refractivity contribution in [2.75, 3.05) is 13.6 Å². The Balaban J connectivity index is 1.76. The van der Waals surface area contributed by atoms with Crippen LogP contribution in [0.3, 0.4) is 0 Å². The third kappa shape index (κ3) is 2.21. The molecule has 2 aliphatic heterocycles. The van der Waals surface area contributed by atoms with E-state index in [1.54, 1.807) is 0 Å². The second kappa shape index (κ2) is 5.20. The number of benzene rings is 1. The van der Waals surface area contributed by atoms with Gasteiger partial charge in [0.1, 0.15) is 0 Å². The molecule has 0 fully saturated rings. The molecule has 0 spiro atoms. The van der Waals surface area contributed by atoms with Gasteiger partial charge in [-0.1, -0.05) is 0 Å². The van der Waals surface area contributed by atoms with Crippen molar-refractivity contribution >= 4 is 22.9 Å². The van der Waals surface area contributed by atoms with Crippen molar-refractivity contribution in [3.8, 4) is 5.75 Å². The Kier molecular flexibility index (Phi) is 3.06. The number of ether oxygens (including phenoxy) is 1. The summed E-state index contributed by atoms with van der Waals surface area (Å²) in [6.07, 6.45) is 5.10. The molecule has 3 aromatic rings. The fourth-order valence-corrected chi connectivity index (χ4v) is 3.98. The molecule has 4 nitrogen and oxygen atoms in total. The highest BCUT2D eigenvalue weighted by atomic mass is 16.5. The molecule has 0 bridgehead atoms. The van der Waals surface area contributed by atoms with Crippen molar-refractivity contribution in [1.29, 1.82) is 0 Å². The van der Waals surface area contributed by atoms with E-state index >= 15 is 0 Å². The normalized spacial score (nSPS) is 16.5. The monoisotopic (exact) mass is 331 g/mol. The Hall–Kier alpha value is -2.59. The third-order valence-electron chi connectivity index (χ3n) is 5.24. The molecule has 4 heteroatoms. The Bertz CT molecular complexity index is 1030. The Morgan fingerprint density at radius 1 is 1.16 bits per heavy atom. The molecule has 0 aliphatic carbocycles. The number of rotatable bonds is 1. The van der Waals surface area contributed by atoms with Gasteiger partial charge in [0.25, 0.3) is 0 Å². The number of likely N-dealkylation sites (N-methyl/N-ethyl adjacent to an activating group) is 1. The Labute approximate surface area is 147 Å². The Morgan fingerprint density at radius 2 is 2.04 bits per heavy atom. The third-order valence-corrected chi connectivity index (χ3v) is 5.24. The van der Waals surface area contributed by atoms with Gasteiger partial charge in [-0.15, -0.1) is 0 Å². The second-order valence-corrected chi connectivity index (χ2v) is 7.23. The van der Waals surface area contributed by atoms with E-state index in [0.29, 0.717) is 0 Å². The van der Waals surface area contributed by atoms with E-state index in [0.717, 1.165) is 42.3 Å². The van der Waals surface area contributed by atoms with E-state index < -0.39 is 0 Å². The molecule has 126 valence electrons. The number of hydrogen-bond acceptors (Lipinski definition) is 3. The van der Waals surface area contributed by atoms with Crippen LogP contribution in [0, 0.1) is 13.8 Å². The van der Waals surface area contributed by atoms with Crippen LogP contribution in [0.5, 0.6) is 5.75 Å². The molecular formula is C21H21N3O. The van der Waals surface area contributed by atoms with E-state index in [9.17, 15) is 0 Å². The maximum Gasteiger partial charge on any atom is 0.152 e. The molecule has 0 N–H and O–H groups in total. The zero-order valence-electron chi connectivity index (χ0n) is 14.8. The van der Waals surface area contributed by atoms with Crippen molar-refractivity contribution < 1.29 is 4.74 Å². The summed E-state index contributed by atoms with van der Waals surface area (Å²) in [7, 11) is 2.19. The topological polar surface area (TPSA) is 30.3 Å². The summed E-state index contributed by atoms with van der Waals surface area (Å²) < 4.78 is 8.65. The number of nitrogens with zero attached hydrogens (tertiary/aromatic N) is 3. The molecule has 0 radical (unpaired) electrons. The van der Waals surface area contributed by atoms with Gasteiger partial charge in [-0.25, -0.2) is 0 Å². The van der Waals surface area contributed by atoms with Gasteiger partial charge in [-0.2, -0.15) is 0 Å². The van der Waals surface area contributed by atoms with Crippen LogP contribution in [0.15, 0.2) is 30.5 Å². The van der Waals surface area contributed by atoms with Crippen molar-refractivity contribution in [2.45, 2.75) is 26.8 Å². The summed E-state index contributed by atoms with van der Waals surface area (Å²) in [5, 5.41) is 1.33. The summed E-state index contributed by atoms with van der Waals surface area (Å²) in [4.78, 5) is 6.82. The minimum Gasteiger partial charge on any atom is -0.453 e. The van der Waals surface area contributed by atoms with Crippen molar-refractivity contribution in [2.24, 2.45) is 0 Å². The quantitative estimate of drug-likeness (QED) is 0.675. The van der Waals surface area contributed by atoms with Crippen LogP contribution in [-0.2, 0) is 13.0 Å². The maximum absolute atomic E-state index is 6.30. The van der Waals surface area contributed by atoms with Crippen molar-refractivity contribution in [1.82, 2.24) is 14.5 Å². The molecule has 2 aliphatic rings. The van der Waals surface area contributed by atoms with Crippen LogP contribution in [0.4, 0.5) is 0 Å². The van der Waals surface area contributed by atoms with Crippen LogP contribution in [0.25, 0.3) is 22.9 Å². The standard InChI is InChI=1S/C21H21N3O/c1-13-8-16-17-11-23(3)7-6-18(17)24-12-20(25-19(9-13)21(16)24)15-5-4-14(2)22-10-15/h4-5,8-10,12H,6-7,11H2,1-3H3. The van der Waals surface area contributed by atoms with Gasteiger partial charge in [-0.05, 0) is 56.3 Å². The molecule has 25 heavy (non-hydrogen) atoms. The summed E-state index contributed by atoms with van der Waals surface area (Å²) in [5.41, 5.74) is 7.33. The lowest BCUT2D eigenvalue weighted by Gasteiger charge is -2.24. The first-order valence-electron chi connectivity index (χ1n) is 8.77. The zero-order chi connectivity index (χ0) is 17.1. The van der Waals surface area contributed by atoms with Gasteiger partial charge in [0.05, 0.1) is 11.7 Å². The van der Waals surface area contributed by atoms with Gasteiger partial charge >= 0.3 is 0 Å². The molecule has 0 saturated heterocycles. The van der Waals surface area contributed by atoms with E-state index in [-0.39, 0.29) is 0 Å². The highest BCUT2D eigenvalue weighted by molar-refractivity contribution is 5.97. The van der Waals surface area contributed by atoms with Gasteiger partial charge < -0.3 is 14.2 Å². The molecular weight excluding hydrogens is 310 g/mol. The van der Waals surface area contributed by atoms with Crippen molar-refractivity contribution in [3.63, 3.8) is 0 Å². The number of fused-ring (bicyclic) bond motifs is 3. The van der Waals surface area contributed by atoms with Crippen LogP contribution in [-0.4, -0.2) is 28.0 Å². The Morgan fingerprint density at radius 3 is 2.84 bits per heavy atom. The van der Waals surface area contributed by atoms with Crippen LogP contribution < -0.4 is 4.74 Å². The minimum absolute atomic E-state index is 0.865. The smallest absolute Gasteiger partial charge is 0.152 e. The average Bonchev–Trinajstić information content (AvgIpc) is 2.89. The lowest BCUT2D eigenvalue weighted by atomic mass is 10.0. The summed E-state index contributed by atoms with van der Waals surface area (Å²) in [5.74, 6) is 1.81. The first-order chi connectivity index (χ1) is 12.1. The lowest BCUT2D eigenvalue weighted by molar-refractivity contribution is 0.312. The predicted molar refractivity (Wildman–Crippen MR) is 100 cm³/mol. The van der Waals surface area contributed by atoms with Crippen LogP contribution in [0.2, 0.25) is 0 Å². The highest BCUT2D eigenvalue weighted by Gasteiger charge is 2.27. The van der Waals surface area contributed by atoms with Gasteiger partial charge in [0.15, 0.2) is 11.5 Å². The predicted octanol–water partition coefficient (Wildman–Crippen LogP) is 3.99. The fraction of sp³-hybridized carbons (Fsp3) is 0.286. The molecule has 0 unspecified atom stereocenters. The van der Waals surface area contributed by atoms with Crippen molar-refractivity contribution in [3.05, 3.63) is 58.5 Å². The molecule has 0 atom stereocenters. The molecule has 2 aromatic heterocycles. The van der Waals surface area contributed by atoms with Gasteiger partial charge in [0.2, 0.25) is 0 Å². The number of hydrogen-bond donors (Lipinski definition) is 0. The zero-order valence-corrected chi connectivity index (χ0v) is 14.8. The summed E-state index contributed by atoms with van der Waals surface area (Å²) in [6, 6.07) is 8.54. The number of aryl methyl sites for hydroxylation is 2. The average molecular weight is 331 g/mol. The molecule has 0 amide bonds. The molecule has 4 heterocycles. The SMILES string of the molecule is Cc1cc2c3c(c1)c1c(n3C=C(c3ccc(C)nc3)O2)CCN(C)C1. The fourth-order valence-electron chi connectivity index (χ4n) is 3.98. The second-order valence-electron chi connectivity index (χ2n) is 7.23. The lowest BCUT2D eigenvalue weighted by Crippen LogP contribution is -2.27. The van der Waals surface area contributed by atoms with Crippen LogP contribution >= 0.6 is 0 Å². The first-order valence-corrected chi connectivity index (χ1v) is 8.77. The van der Waals surface area contributed by atoms with E-state index in [1.165, 1.54) is 27.7 Å². The van der Waals surface area contributed by atoms with Crippen LogP contribution in [0.1, 0.15) is 28.1 Å². The first kappa shape index (κ1) is 14.7. The molecule has 1 aromatic carbocycles.